The number of fused-ring (bicyclic) bond motifs is 2. The Bertz CT molecular complexity index is 6470. The van der Waals surface area contributed by atoms with Crippen LogP contribution in [0.2, 0.25) is 0 Å². The number of imidazole rings is 4. The fourth-order valence-corrected chi connectivity index (χ4v) is 19.7. The zero-order valence-corrected chi connectivity index (χ0v) is 81.4. The van der Waals surface area contributed by atoms with Gasteiger partial charge in [0.05, 0.1) is 167 Å². The van der Waals surface area contributed by atoms with Gasteiger partial charge in [-0.15, -0.1) is 0 Å². The number of non-ortho nitro benzene ring substituents is 4. The average Bonchev–Trinajstić information content (AvgIpc) is 1.75. The lowest BCUT2D eigenvalue weighted by Gasteiger charge is -2.17. The standard InChI is InChI=1S/C31H35F3N6O4S.C30H33F3N6O5S.C19H19N5O4.C19H21N5O3/c1-19-37-26-17-45-29(30(26)38-19)8-4-3-6-22(41)7-5-13-44-28-14-20(31(32,33)34)9-11-23(28)25-16-39(18-36-25)27-15-21(40(42)43)10-12-24(27)35-2;1-18-36-24-16-45-27(29(24)37-18)5-3-4-6-28(40)44-12-11-43-26-13-19(30(31,32)33)7-9-21(26)23-15-38(17-35-23)25-14-20(39(41)42)8-10-22(25)34-2;1-12-3-5-14(18(7-12)28-10-19(20)25)16-9-23(11-22-16)17-8-13(24(26)27)4-6-15(17)21-2;1-13-3-5-15(19(9-13)27-8-7-20)17-11-23(12-22-17)18-10-14(24(25)26)4-6-16(18)21-2/h9-12,14-16,18,26,29-30,35,37-38H,1,3-8,13,17H2,2H3;7-10,13-15,17,24,27,29,34,36-37H,1,3-6,11-12,16H2,2H3;3-9,11,21H,10H2,1-2H3,(H2,20,25);3-6,9-12,21H,7-8,20H2,1-2H3/t26-,29-,30-;24-,27-,29-;;/m00../s1. The molecule has 0 saturated carbocycles. The van der Waals surface area contributed by atoms with Crippen molar-refractivity contribution < 1.29 is 84.1 Å². The number of nitro benzene ring substituents is 4. The highest BCUT2D eigenvalue weighted by Crippen LogP contribution is 2.44. The number of rotatable bonds is 41. The van der Waals surface area contributed by atoms with Gasteiger partial charge in [0, 0.05) is 172 Å². The van der Waals surface area contributed by atoms with Gasteiger partial charge in [0.15, 0.2) is 6.61 Å². The predicted octanol–water partition coefficient (Wildman–Crippen LogP) is 17.6. The number of Topliss-reactive ketones (excluding diaryl/α,β-unsaturated/α-hetero) is 1. The van der Waals surface area contributed by atoms with Crippen molar-refractivity contribution in [3.8, 4) is 90.8 Å². The van der Waals surface area contributed by atoms with E-state index < -0.39 is 55.0 Å². The molecule has 8 aromatic carbocycles. The first kappa shape index (κ1) is 106. The van der Waals surface area contributed by atoms with Gasteiger partial charge in [0.25, 0.3) is 28.7 Å². The van der Waals surface area contributed by atoms with E-state index in [0.717, 1.165) is 102 Å². The number of nitrogens with one attached hydrogen (secondary N) is 8. The van der Waals surface area contributed by atoms with Gasteiger partial charge < -0.3 is 96.0 Å². The summed E-state index contributed by atoms with van der Waals surface area (Å²) < 4.78 is 116. The van der Waals surface area contributed by atoms with Crippen molar-refractivity contribution in [2.75, 3.05) is 101 Å². The molecule has 4 aliphatic rings. The van der Waals surface area contributed by atoms with E-state index in [1.807, 2.05) is 73.9 Å². The Morgan fingerprint density at radius 1 is 0.441 bits per heavy atom. The number of aryl methyl sites for hydroxylation is 2. The minimum Gasteiger partial charge on any atom is -0.493 e. The van der Waals surface area contributed by atoms with E-state index in [1.54, 1.807) is 97.3 Å². The predicted molar refractivity (Wildman–Crippen MR) is 541 cm³/mol. The number of anilines is 4. The molecule has 4 fully saturated rings. The Balaban J connectivity index is 0.000000166. The van der Waals surface area contributed by atoms with Crippen molar-refractivity contribution in [2.45, 2.75) is 125 Å². The third-order valence-electron chi connectivity index (χ3n) is 23.9. The number of nitrogens with zero attached hydrogens (tertiary/aromatic N) is 12. The van der Waals surface area contributed by atoms with Gasteiger partial charge in [-0.25, -0.2) is 19.9 Å². The number of thioether (sulfide) groups is 2. The van der Waals surface area contributed by atoms with Crippen molar-refractivity contribution in [3.05, 3.63) is 283 Å². The SMILES string of the molecule is C=C1N[C@H]2[C@H](CS[C@H]2CCCCC(=O)CCCOc2cc(C(F)(F)F)ccc2-c2cn(-c3cc([N+](=O)[O-])ccc3NC)cn2)N1.C=C1N[C@H]2[C@H](CS[C@H]2CCCCC(=O)OCCOc2cc(C(F)(F)F)ccc2-c2cn(-c3cc([N+](=O)[O-])ccc3NC)cn2)N1.CNc1ccc([N+](=O)[O-])cc1-n1cnc(-c2ccc(C)cc2OCC(N)=O)c1.CNc1ccc([N+](=O)[O-])cc1-n1cnc(-c2ccc(C)cc2OCCN)c1. The first-order valence-electron chi connectivity index (χ1n) is 46.0. The third kappa shape index (κ3) is 27.7. The van der Waals surface area contributed by atoms with Gasteiger partial charge in [-0.05, 0) is 142 Å². The smallest absolute Gasteiger partial charge is 0.416 e. The highest BCUT2D eigenvalue weighted by Gasteiger charge is 2.43. The van der Waals surface area contributed by atoms with E-state index in [1.165, 1.54) is 84.1 Å². The average molecular weight is 2040 g/mol. The van der Waals surface area contributed by atoms with Crippen molar-refractivity contribution in [2.24, 2.45) is 11.5 Å². The fourth-order valence-electron chi connectivity index (χ4n) is 16.6. The second-order valence-corrected chi connectivity index (χ2v) is 36.4. The molecule has 0 aliphatic carbocycles. The number of nitrogens with two attached hydrogens (primary N) is 2. The van der Waals surface area contributed by atoms with Crippen LogP contribution in [-0.2, 0) is 31.5 Å². The number of ether oxygens (including phenoxy) is 5. The summed E-state index contributed by atoms with van der Waals surface area (Å²) in [5, 5.41) is 71.3. The van der Waals surface area contributed by atoms with Crippen LogP contribution >= 0.6 is 23.5 Å². The van der Waals surface area contributed by atoms with Crippen molar-refractivity contribution in [1.29, 1.82) is 0 Å². The molecule has 4 aromatic heterocycles. The maximum absolute atomic E-state index is 13.5. The summed E-state index contributed by atoms with van der Waals surface area (Å²) in [4.78, 5) is 96.3. The molecule has 46 heteroatoms. The number of alkyl halides is 6. The number of amides is 1. The quantitative estimate of drug-likeness (QED) is 0.00559. The van der Waals surface area contributed by atoms with Crippen LogP contribution in [0.4, 0.5) is 71.8 Å². The van der Waals surface area contributed by atoms with Gasteiger partial charge in [-0.1, -0.05) is 38.1 Å². The monoisotopic (exact) mass is 2040 g/mol. The van der Waals surface area contributed by atoms with E-state index in [9.17, 15) is 81.2 Å². The number of esters is 1. The highest BCUT2D eigenvalue weighted by atomic mass is 32.2. The molecule has 0 radical (unpaired) electrons. The molecule has 38 nitrogen and oxygen atoms in total. The number of unbranched alkanes of at least 4 members (excludes halogenated alkanes) is 2. The highest BCUT2D eigenvalue weighted by molar-refractivity contribution is 8.00. The first-order valence-corrected chi connectivity index (χ1v) is 48.1. The van der Waals surface area contributed by atoms with Crippen molar-refractivity contribution in [3.63, 3.8) is 0 Å². The number of carbonyl (C=O) groups excluding carboxylic acids is 3. The molecule has 6 atom stereocenters. The molecule has 4 aliphatic heterocycles. The largest absolute Gasteiger partial charge is 0.493 e. The van der Waals surface area contributed by atoms with Crippen LogP contribution in [-0.4, -0.2) is 190 Å². The van der Waals surface area contributed by atoms with Gasteiger partial charge >= 0.3 is 18.3 Å². The summed E-state index contributed by atoms with van der Waals surface area (Å²) in [6, 6.07) is 36.9. The summed E-state index contributed by atoms with van der Waals surface area (Å²) in [5.74, 6) is 4.02. The Labute approximate surface area is 836 Å². The summed E-state index contributed by atoms with van der Waals surface area (Å²) in [7, 11) is 6.83. The van der Waals surface area contributed by atoms with E-state index in [0.29, 0.717) is 147 Å². The number of hydrogen-bond acceptors (Lipinski definition) is 31. The molecule has 0 bridgehead atoms. The van der Waals surface area contributed by atoms with Crippen molar-refractivity contribution >= 4 is 86.7 Å². The van der Waals surface area contributed by atoms with Crippen LogP contribution < -0.4 is 72.9 Å². The Morgan fingerprint density at radius 3 is 1.13 bits per heavy atom. The van der Waals surface area contributed by atoms with Crippen LogP contribution in [0.3, 0.4) is 0 Å². The minimum absolute atomic E-state index is 0.0135. The van der Waals surface area contributed by atoms with Crippen LogP contribution in [0, 0.1) is 54.3 Å². The van der Waals surface area contributed by atoms with Gasteiger partial charge in [-0.3, -0.25) is 54.8 Å². The van der Waals surface area contributed by atoms with Gasteiger partial charge in [0.2, 0.25) is 0 Å². The van der Waals surface area contributed by atoms with E-state index >= 15 is 0 Å². The lowest BCUT2D eigenvalue weighted by molar-refractivity contribution is -0.385. The maximum atomic E-state index is 13.5. The molecule has 12 aromatic rings. The topological polar surface area (TPSA) is 489 Å². The number of ketones is 1. The molecule has 12 N–H and O–H groups in total. The first-order chi connectivity index (χ1) is 69.5. The van der Waals surface area contributed by atoms with Gasteiger partial charge in [-0.2, -0.15) is 49.9 Å². The number of benzene rings is 8. The minimum atomic E-state index is -4.61. The van der Waals surface area contributed by atoms with E-state index in [-0.39, 0.29) is 90.6 Å². The zero-order chi connectivity index (χ0) is 104. The maximum Gasteiger partial charge on any atom is 0.416 e. The summed E-state index contributed by atoms with van der Waals surface area (Å²) in [6.07, 6.45) is 10.1. The fraction of sp³-hybridized carbons (Fsp3) is 0.323. The third-order valence-corrected chi connectivity index (χ3v) is 26.9. The number of nitro groups is 4. The zero-order valence-electron chi connectivity index (χ0n) is 79.7. The molecular formula is C99H108F6N22O16S2. The molecule has 0 spiro atoms. The molecule has 764 valence electrons. The second kappa shape index (κ2) is 48.7. The summed E-state index contributed by atoms with van der Waals surface area (Å²) >= 11 is 3.86. The van der Waals surface area contributed by atoms with E-state index in [4.69, 9.17) is 35.2 Å². The number of primary amides is 1. The molecule has 8 heterocycles. The second-order valence-electron chi connectivity index (χ2n) is 33.9. The van der Waals surface area contributed by atoms with Crippen LogP contribution in [0.15, 0.2) is 220 Å². The Kier molecular flexibility index (Phi) is 35.8. The molecule has 0 unspecified atom stereocenters. The Morgan fingerprint density at radius 2 is 0.779 bits per heavy atom. The number of aromatic nitrogens is 8. The normalized spacial score (nSPS) is 15.8. The molecule has 16 rings (SSSR count). The van der Waals surface area contributed by atoms with Crippen LogP contribution in [0.1, 0.15) is 86.5 Å². The van der Waals surface area contributed by atoms with Crippen LogP contribution in [0.25, 0.3) is 67.8 Å². The molecule has 145 heavy (non-hydrogen) atoms. The lowest BCUT2D eigenvalue weighted by atomic mass is 10.0. The van der Waals surface area contributed by atoms with Crippen LogP contribution in [0.5, 0.6) is 23.0 Å². The Hall–Kier alpha value is -15.9. The van der Waals surface area contributed by atoms with Crippen molar-refractivity contribution in [1.82, 2.24) is 59.5 Å². The lowest BCUT2D eigenvalue weighted by Crippen LogP contribution is -2.36. The number of carbonyl (C=O) groups is 3. The summed E-state index contributed by atoms with van der Waals surface area (Å²) in [5.41, 5.74) is 19.5. The van der Waals surface area contributed by atoms with Gasteiger partial charge in [0.1, 0.15) is 48.6 Å². The molecular weight excluding hydrogens is 1930 g/mol. The summed E-state index contributed by atoms with van der Waals surface area (Å²) in [6.45, 7) is 12.1. The van der Waals surface area contributed by atoms with E-state index in [2.05, 4.69) is 75.6 Å². The molecule has 1 amide bonds. The molecule has 4 saturated heterocycles. The number of halogens is 6. The number of hydrogen-bond donors (Lipinski definition) is 10.